The molecule has 6 nitrogen and oxygen atoms in total. The molecule has 1 aliphatic rings. The van der Waals surface area contributed by atoms with Crippen molar-refractivity contribution < 1.29 is 19.4 Å². The van der Waals surface area contributed by atoms with E-state index in [1.807, 2.05) is 0 Å². The highest BCUT2D eigenvalue weighted by atomic mass is 32.1. The fourth-order valence-electron chi connectivity index (χ4n) is 1.49. The van der Waals surface area contributed by atoms with Crippen LogP contribution in [0.3, 0.4) is 0 Å². The van der Waals surface area contributed by atoms with Crippen molar-refractivity contribution in [2.75, 3.05) is 13.2 Å². The Kier molecular flexibility index (Phi) is 2.88. The summed E-state index contributed by atoms with van der Waals surface area (Å²) >= 11 is 1.17. The molecule has 2 N–H and O–H groups in total. The van der Waals surface area contributed by atoms with E-state index in [9.17, 15) is 9.59 Å². The van der Waals surface area contributed by atoms with Crippen LogP contribution in [-0.2, 0) is 9.53 Å². The maximum atomic E-state index is 11.7. The minimum atomic E-state index is -1.29. The molecule has 1 saturated heterocycles. The van der Waals surface area contributed by atoms with Crippen molar-refractivity contribution >= 4 is 23.2 Å². The van der Waals surface area contributed by atoms with Gasteiger partial charge >= 0.3 is 5.97 Å². The zero-order valence-corrected chi connectivity index (χ0v) is 9.12. The SMILES string of the molecule is O=C(NC1(C(=O)O)CCOC1)c1cncs1. The van der Waals surface area contributed by atoms with Crippen molar-refractivity contribution in [2.24, 2.45) is 0 Å². The van der Waals surface area contributed by atoms with Gasteiger partial charge in [-0.1, -0.05) is 0 Å². The van der Waals surface area contributed by atoms with Crippen LogP contribution in [0.15, 0.2) is 11.7 Å². The van der Waals surface area contributed by atoms with E-state index in [1.54, 1.807) is 0 Å². The van der Waals surface area contributed by atoms with Crippen molar-refractivity contribution in [1.82, 2.24) is 10.3 Å². The van der Waals surface area contributed by atoms with Crippen molar-refractivity contribution in [3.8, 4) is 0 Å². The molecule has 0 radical (unpaired) electrons. The van der Waals surface area contributed by atoms with E-state index in [1.165, 1.54) is 23.0 Å². The molecule has 1 atom stereocenters. The molecule has 1 amide bonds. The summed E-state index contributed by atoms with van der Waals surface area (Å²) in [5.41, 5.74) is 0.231. The van der Waals surface area contributed by atoms with Crippen LogP contribution < -0.4 is 5.32 Å². The number of carboxylic acids is 1. The highest BCUT2D eigenvalue weighted by molar-refractivity contribution is 7.11. The molecule has 0 aromatic carbocycles. The lowest BCUT2D eigenvalue weighted by molar-refractivity contribution is -0.144. The number of aromatic nitrogens is 1. The summed E-state index contributed by atoms with van der Waals surface area (Å²) in [6, 6.07) is 0. The Bertz CT molecular complexity index is 398. The number of nitrogens with one attached hydrogen (secondary N) is 1. The maximum Gasteiger partial charge on any atom is 0.331 e. The maximum absolute atomic E-state index is 11.7. The number of carbonyl (C=O) groups excluding carboxylic acids is 1. The predicted molar refractivity (Wildman–Crippen MR) is 55.4 cm³/mol. The van der Waals surface area contributed by atoms with E-state index in [0.717, 1.165) is 0 Å². The largest absolute Gasteiger partial charge is 0.479 e. The minimum absolute atomic E-state index is 0.00682. The summed E-state index contributed by atoms with van der Waals surface area (Å²) in [7, 11) is 0. The van der Waals surface area contributed by atoms with Gasteiger partial charge in [-0.05, 0) is 0 Å². The van der Waals surface area contributed by atoms with E-state index in [4.69, 9.17) is 9.84 Å². The Morgan fingerprint density at radius 2 is 2.44 bits per heavy atom. The summed E-state index contributed by atoms with van der Waals surface area (Å²) in [6.45, 7) is 0.349. The Hall–Kier alpha value is -1.47. The van der Waals surface area contributed by atoms with Gasteiger partial charge < -0.3 is 15.2 Å². The number of ether oxygens (including phenoxy) is 1. The lowest BCUT2D eigenvalue weighted by Crippen LogP contribution is -2.55. The van der Waals surface area contributed by atoms with Crippen LogP contribution in [-0.4, -0.2) is 40.7 Å². The molecule has 1 aliphatic heterocycles. The quantitative estimate of drug-likeness (QED) is 0.785. The molecule has 1 aromatic rings. The Labute approximate surface area is 95.3 Å². The first-order valence-electron chi connectivity index (χ1n) is 4.66. The van der Waals surface area contributed by atoms with Crippen LogP contribution in [0.2, 0.25) is 0 Å². The van der Waals surface area contributed by atoms with Crippen molar-refractivity contribution in [3.05, 3.63) is 16.6 Å². The standard InChI is InChI=1S/C9H10N2O4S/c12-7(6-3-10-5-16-6)11-9(8(13)14)1-2-15-4-9/h3,5H,1-2,4H2,(H,11,12)(H,13,14). The lowest BCUT2D eigenvalue weighted by atomic mass is 9.99. The number of rotatable bonds is 3. The predicted octanol–water partition coefficient (Wildman–Crippen LogP) is 0.117. The minimum Gasteiger partial charge on any atom is -0.479 e. The molecule has 0 spiro atoms. The number of carbonyl (C=O) groups is 2. The second-order valence-electron chi connectivity index (χ2n) is 3.51. The molecule has 1 unspecified atom stereocenters. The third kappa shape index (κ3) is 1.91. The van der Waals surface area contributed by atoms with Gasteiger partial charge in [0.2, 0.25) is 0 Å². The first kappa shape index (κ1) is 11.0. The van der Waals surface area contributed by atoms with Crippen molar-refractivity contribution in [3.63, 3.8) is 0 Å². The Morgan fingerprint density at radius 1 is 1.62 bits per heavy atom. The fourth-order valence-corrected chi connectivity index (χ4v) is 2.01. The smallest absolute Gasteiger partial charge is 0.331 e. The highest BCUT2D eigenvalue weighted by Gasteiger charge is 2.44. The van der Waals surface area contributed by atoms with E-state index < -0.39 is 17.4 Å². The van der Waals surface area contributed by atoms with E-state index in [0.29, 0.717) is 11.5 Å². The summed E-state index contributed by atoms with van der Waals surface area (Å²) in [5, 5.41) is 11.6. The summed E-state index contributed by atoms with van der Waals surface area (Å²) in [4.78, 5) is 27.0. The number of amides is 1. The normalized spacial score (nSPS) is 24.2. The summed E-state index contributed by atoms with van der Waals surface area (Å²) in [6.07, 6.45) is 1.69. The topological polar surface area (TPSA) is 88.5 Å². The molecule has 1 aromatic heterocycles. The van der Waals surface area contributed by atoms with Gasteiger partial charge in [0.1, 0.15) is 4.88 Å². The van der Waals surface area contributed by atoms with Gasteiger partial charge in [-0.25, -0.2) is 4.79 Å². The number of aliphatic carboxylic acids is 1. The molecule has 1 fully saturated rings. The number of nitrogens with zero attached hydrogens (tertiary/aromatic N) is 1. The molecule has 0 bridgehead atoms. The molecule has 0 saturated carbocycles. The van der Waals surface area contributed by atoms with E-state index in [-0.39, 0.29) is 13.0 Å². The molecule has 7 heteroatoms. The van der Waals surface area contributed by atoms with Crippen molar-refractivity contribution in [1.29, 1.82) is 0 Å². The molecule has 2 rings (SSSR count). The van der Waals surface area contributed by atoms with Crippen LogP contribution >= 0.6 is 11.3 Å². The van der Waals surface area contributed by atoms with Gasteiger partial charge in [-0.15, -0.1) is 11.3 Å². The second-order valence-corrected chi connectivity index (χ2v) is 4.40. The molecule has 86 valence electrons. The average Bonchev–Trinajstić information content (AvgIpc) is 2.88. The van der Waals surface area contributed by atoms with Gasteiger partial charge in [0, 0.05) is 13.0 Å². The van der Waals surface area contributed by atoms with Crippen LogP contribution in [0.25, 0.3) is 0 Å². The van der Waals surface area contributed by atoms with Crippen LogP contribution in [0.4, 0.5) is 0 Å². The molecular formula is C9H10N2O4S. The van der Waals surface area contributed by atoms with Gasteiger partial charge in [-0.2, -0.15) is 0 Å². The molecule has 16 heavy (non-hydrogen) atoms. The number of thiazole rings is 1. The zero-order chi connectivity index (χ0) is 11.6. The third-order valence-corrected chi connectivity index (χ3v) is 3.21. The number of hydrogen-bond donors (Lipinski definition) is 2. The van der Waals surface area contributed by atoms with Crippen LogP contribution in [0.5, 0.6) is 0 Å². The second kappa shape index (κ2) is 4.18. The fraction of sp³-hybridized carbons (Fsp3) is 0.444. The van der Waals surface area contributed by atoms with Crippen LogP contribution in [0, 0.1) is 0 Å². The number of hydrogen-bond acceptors (Lipinski definition) is 5. The van der Waals surface area contributed by atoms with Gasteiger partial charge in [0.05, 0.1) is 18.3 Å². The van der Waals surface area contributed by atoms with Gasteiger partial charge in [0.25, 0.3) is 5.91 Å². The monoisotopic (exact) mass is 242 g/mol. The molecule has 0 aliphatic carbocycles. The lowest BCUT2D eigenvalue weighted by Gasteiger charge is -2.23. The summed E-state index contributed by atoms with van der Waals surface area (Å²) in [5.74, 6) is -1.49. The van der Waals surface area contributed by atoms with Gasteiger partial charge in [0.15, 0.2) is 5.54 Å². The zero-order valence-electron chi connectivity index (χ0n) is 8.30. The molecule has 2 heterocycles. The summed E-state index contributed by atoms with van der Waals surface area (Å²) < 4.78 is 5.03. The third-order valence-electron chi connectivity index (χ3n) is 2.44. The Balaban J connectivity index is 2.13. The number of carboxylic acid groups (broad SMARTS) is 1. The first-order valence-corrected chi connectivity index (χ1v) is 5.54. The molecular weight excluding hydrogens is 232 g/mol. The van der Waals surface area contributed by atoms with E-state index in [2.05, 4.69) is 10.3 Å². The van der Waals surface area contributed by atoms with Crippen LogP contribution in [0.1, 0.15) is 16.1 Å². The van der Waals surface area contributed by atoms with Crippen molar-refractivity contribution in [2.45, 2.75) is 12.0 Å². The Morgan fingerprint density at radius 3 is 2.94 bits per heavy atom. The highest BCUT2D eigenvalue weighted by Crippen LogP contribution is 2.20. The van der Waals surface area contributed by atoms with Gasteiger partial charge in [-0.3, -0.25) is 9.78 Å². The average molecular weight is 242 g/mol. The van der Waals surface area contributed by atoms with E-state index >= 15 is 0 Å². The first-order chi connectivity index (χ1) is 7.64.